The van der Waals surface area contributed by atoms with Gasteiger partial charge in [-0.2, -0.15) is 0 Å². The molecule has 1 fully saturated rings. The molecule has 1 saturated heterocycles. The Bertz CT molecular complexity index is 459. The van der Waals surface area contributed by atoms with Crippen molar-refractivity contribution < 1.29 is 9.59 Å². The predicted molar refractivity (Wildman–Crippen MR) is 63.5 cm³/mol. The molecule has 1 aliphatic rings. The molecular formula is C12H15N3O2. The molecular weight excluding hydrogens is 218 g/mol. The van der Waals surface area contributed by atoms with Crippen LogP contribution in [0.5, 0.6) is 0 Å². The van der Waals surface area contributed by atoms with Gasteiger partial charge in [-0.15, -0.1) is 0 Å². The van der Waals surface area contributed by atoms with Crippen molar-refractivity contribution in [3.63, 3.8) is 0 Å². The number of hydrogen-bond acceptors (Lipinski definition) is 3. The van der Waals surface area contributed by atoms with Crippen LogP contribution in [0, 0.1) is 0 Å². The molecule has 0 saturated carbocycles. The average molecular weight is 233 g/mol. The maximum absolute atomic E-state index is 12.1. The van der Waals surface area contributed by atoms with Gasteiger partial charge in [0.1, 0.15) is 0 Å². The third kappa shape index (κ3) is 2.45. The Morgan fingerprint density at radius 1 is 1.29 bits per heavy atom. The number of carbonyl (C=O) groups is 2. The summed E-state index contributed by atoms with van der Waals surface area (Å²) in [6.45, 7) is 1.24. The Hall–Kier alpha value is -1.88. The largest absolute Gasteiger partial charge is 0.366 e. The van der Waals surface area contributed by atoms with E-state index >= 15 is 0 Å². The number of nitrogens with two attached hydrogens (primary N) is 2. The molecule has 1 atom stereocenters. The molecule has 90 valence electrons. The molecule has 0 aliphatic carbocycles. The first-order valence-electron chi connectivity index (χ1n) is 5.52. The van der Waals surface area contributed by atoms with Crippen molar-refractivity contribution >= 4 is 11.8 Å². The van der Waals surface area contributed by atoms with E-state index < -0.39 is 5.91 Å². The van der Waals surface area contributed by atoms with Crippen molar-refractivity contribution in [2.45, 2.75) is 12.5 Å². The number of primary amides is 1. The molecule has 1 heterocycles. The van der Waals surface area contributed by atoms with Gasteiger partial charge in [0.05, 0.1) is 0 Å². The average Bonchev–Trinajstić information content (AvgIpc) is 2.75. The number of rotatable bonds is 2. The maximum atomic E-state index is 12.1. The van der Waals surface area contributed by atoms with Crippen molar-refractivity contribution in [1.29, 1.82) is 0 Å². The fourth-order valence-electron chi connectivity index (χ4n) is 1.96. The molecule has 4 N–H and O–H groups in total. The second kappa shape index (κ2) is 4.55. The van der Waals surface area contributed by atoms with Gasteiger partial charge in [0, 0.05) is 30.3 Å². The number of likely N-dealkylation sites (tertiary alicyclic amines) is 1. The summed E-state index contributed by atoms with van der Waals surface area (Å²) in [6.07, 6.45) is 0.821. The summed E-state index contributed by atoms with van der Waals surface area (Å²) >= 11 is 0. The topological polar surface area (TPSA) is 89.4 Å². The molecule has 0 aromatic heterocycles. The Morgan fingerprint density at radius 3 is 2.59 bits per heavy atom. The lowest BCUT2D eigenvalue weighted by Gasteiger charge is -2.15. The molecule has 0 spiro atoms. The van der Waals surface area contributed by atoms with Gasteiger partial charge in [-0.25, -0.2) is 0 Å². The zero-order valence-electron chi connectivity index (χ0n) is 9.43. The molecule has 5 heteroatoms. The molecule has 1 aromatic rings. The Kier molecular flexibility index (Phi) is 3.10. The van der Waals surface area contributed by atoms with Gasteiger partial charge in [-0.05, 0) is 24.6 Å². The van der Waals surface area contributed by atoms with E-state index in [4.69, 9.17) is 11.5 Å². The number of carbonyl (C=O) groups excluding carboxylic acids is 2. The van der Waals surface area contributed by atoms with E-state index in [2.05, 4.69) is 0 Å². The summed E-state index contributed by atoms with van der Waals surface area (Å²) in [6, 6.07) is 6.50. The number of benzene rings is 1. The minimum absolute atomic E-state index is 0.0540. The fraction of sp³-hybridized carbons (Fsp3) is 0.333. The van der Waals surface area contributed by atoms with Crippen molar-refractivity contribution in [2.24, 2.45) is 11.5 Å². The highest BCUT2D eigenvalue weighted by Crippen LogP contribution is 2.13. The first-order valence-corrected chi connectivity index (χ1v) is 5.52. The van der Waals surface area contributed by atoms with Crippen LogP contribution in [0.3, 0.4) is 0 Å². The SMILES string of the molecule is NC(=O)c1cccc(C(=O)N2CCC(N)C2)c1. The van der Waals surface area contributed by atoms with E-state index in [9.17, 15) is 9.59 Å². The normalized spacial score (nSPS) is 19.4. The highest BCUT2D eigenvalue weighted by atomic mass is 16.2. The van der Waals surface area contributed by atoms with E-state index in [-0.39, 0.29) is 11.9 Å². The third-order valence-electron chi connectivity index (χ3n) is 2.91. The van der Waals surface area contributed by atoms with E-state index in [1.54, 1.807) is 23.1 Å². The molecule has 5 nitrogen and oxygen atoms in total. The van der Waals surface area contributed by atoms with E-state index in [1.807, 2.05) is 0 Å². The highest BCUT2D eigenvalue weighted by molar-refractivity contribution is 5.99. The smallest absolute Gasteiger partial charge is 0.253 e. The van der Waals surface area contributed by atoms with Crippen molar-refractivity contribution in [2.75, 3.05) is 13.1 Å². The van der Waals surface area contributed by atoms with Crippen LogP contribution in [0.25, 0.3) is 0 Å². The van der Waals surface area contributed by atoms with Gasteiger partial charge < -0.3 is 16.4 Å². The van der Waals surface area contributed by atoms with Crippen molar-refractivity contribution in [1.82, 2.24) is 4.90 Å². The van der Waals surface area contributed by atoms with Crippen LogP contribution in [0.15, 0.2) is 24.3 Å². The Balaban J connectivity index is 2.19. The van der Waals surface area contributed by atoms with Crippen LogP contribution in [0.1, 0.15) is 27.1 Å². The summed E-state index contributed by atoms with van der Waals surface area (Å²) in [7, 11) is 0. The van der Waals surface area contributed by atoms with Crippen LogP contribution in [-0.4, -0.2) is 35.8 Å². The Morgan fingerprint density at radius 2 is 2.00 bits per heavy atom. The van der Waals surface area contributed by atoms with E-state index in [1.165, 1.54) is 6.07 Å². The van der Waals surface area contributed by atoms with Crippen LogP contribution < -0.4 is 11.5 Å². The summed E-state index contributed by atoms with van der Waals surface area (Å²) in [5, 5.41) is 0. The lowest BCUT2D eigenvalue weighted by molar-refractivity contribution is 0.0791. The van der Waals surface area contributed by atoms with Crippen molar-refractivity contribution in [3.05, 3.63) is 35.4 Å². The summed E-state index contributed by atoms with van der Waals surface area (Å²) in [4.78, 5) is 24.8. The lowest BCUT2D eigenvalue weighted by atomic mass is 10.1. The summed E-state index contributed by atoms with van der Waals surface area (Å²) < 4.78 is 0. The predicted octanol–water partition coefficient (Wildman–Crippen LogP) is -0.0413. The van der Waals surface area contributed by atoms with E-state index in [0.29, 0.717) is 24.2 Å². The molecule has 2 rings (SSSR count). The number of nitrogens with zero attached hydrogens (tertiary/aromatic N) is 1. The van der Waals surface area contributed by atoms with Crippen LogP contribution in [0.4, 0.5) is 0 Å². The van der Waals surface area contributed by atoms with Gasteiger partial charge in [0.25, 0.3) is 5.91 Å². The van der Waals surface area contributed by atoms with Gasteiger partial charge in [-0.1, -0.05) is 6.07 Å². The maximum Gasteiger partial charge on any atom is 0.253 e. The van der Waals surface area contributed by atoms with Gasteiger partial charge in [-0.3, -0.25) is 9.59 Å². The van der Waals surface area contributed by atoms with Gasteiger partial charge in [0.15, 0.2) is 0 Å². The minimum atomic E-state index is -0.530. The first kappa shape index (κ1) is 11.6. The highest BCUT2D eigenvalue weighted by Gasteiger charge is 2.24. The fourth-order valence-corrected chi connectivity index (χ4v) is 1.96. The standard InChI is InChI=1S/C12H15N3O2/c13-10-4-5-15(7-10)12(17)9-3-1-2-8(6-9)11(14)16/h1-3,6,10H,4-5,7,13H2,(H2,14,16). The Labute approximate surface area is 99.4 Å². The van der Waals surface area contributed by atoms with Crippen LogP contribution in [0.2, 0.25) is 0 Å². The van der Waals surface area contributed by atoms with Crippen LogP contribution >= 0.6 is 0 Å². The lowest BCUT2D eigenvalue weighted by Crippen LogP contribution is -2.32. The molecule has 0 radical (unpaired) electrons. The monoisotopic (exact) mass is 233 g/mol. The first-order chi connectivity index (χ1) is 8.08. The van der Waals surface area contributed by atoms with Gasteiger partial charge >= 0.3 is 0 Å². The molecule has 17 heavy (non-hydrogen) atoms. The van der Waals surface area contributed by atoms with Crippen LogP contribution in [-0.2, 0) is 0 Å². The number of hydrogen-bond donors (Lipinski definition) is 2. The molecule has 1 aromatic carbocycles. The second-order valence-electron chi connectivity index (χ2n) is 4.24. The molecule has 1 aliphatic heterocycles. The quantitative estimate of drug-likeness (QED) is 0.751. The van der Waals surface area contributed by atoms with E-state index in [0.717, 1.165) is 6.42 Å². The minimum Gasteiger partial charge on any atom is -0.366 e. The summed E-state index contributed by atoms with van der Waals surface area (Å²) in [5.74, 6) is -0.626. The zero-order valence-corrected chi connectivity index (χ0v) is 9.43. The van der Waals surface area contributed by atoms with Gasteiger partial charge in [0.2, 0.25) is 5.91 Å². The molecule has 1 unspecified atom stereocenters. The zero-order chi connectivity index (χ0) is 12.4. The number of amides is 2. The van der Waals surface area contributed by atoms with Crippen molar-refractivity contribution in [3.8, 4) is 0 Å². The molecule has 2 amide bonds. The molecule has 0 bridgehead atoms. The second-order valence-corrected chi connectivity index (χ2v) is 4.24. The third-order valence-corrected chi connectivity index (χ3v) is 2.91. The summed E-state index contributed by atoms with van der Waals surface area (Å²) in [5.41, 5.74) is 11.8.